The van der Waals surface area contributed by atoms with E-state index >= 15 is 0 Å². The van der Waals surface area contributed by atoms with E-state index in [1.807, 2.05) is 0 Å². The quantitative estimate of drug-likeness (QED) is 0.471. The summed E-state index contributed by atoms with van der Waals surface area (Å²) in [6.07, 6.45) is -8.75. The number of halogens is 6. The molecule has 0 atom stereocenters. The van der Waals surface area contributed by atoms with Crippen LogP contribution in [0, 0.1) is 10.1 Å². The Morgan fingerprint density at radius 1 is 1.41 bits per heavy atom. The van der Waals surface area contributed by atoms with Crippen LogP contribution >= 0.6 is 11.6 Å². The molecule has 10 heteroatoms. The van der Waals surface area contributed by atoms with E-state index in [0.717, 1.165) is 0 Å². The van der Waals surface area contributed by atoms with Crippen molar-refractivity contribution in [3.63, 3.8) is 0 Å². The summed E-state index contributed by atoms with van der Waals surface area (Å²) in [6.45, 7) is 0. The maximum absolute atomic E-state index is 12.4. The highest BCUT2D eigenvalue weighted by atomic mass is 35.5. The Morgan fingerprint density at radius 3 is 2.29 bits per heavy atom. The first-order valence-electron chi connectivity index (χ1n) is 3.84. The van der Waals surface area contributed by atoms with Crippen LogP contribution in [0.3, 0.4) is 0 Å². The number of aromatic nitrogens is 1. The zero-order valence-corrected chi connectivity index (χ0v) is 8.39. The number of alkyl halides is 5. The van der Waals surface area contributed by atoms with Crippen molar-refractivity contribution in [2.75, 3.05) is 0 Å². The monoisotopic (exact) mass is 276 g/mol. The van der Waals surface area contributed by atoms with Gasteiger partial charge < -0.3 is 10.1 Å². The molecule has 0 bridgehead atoms. The summed E-state index contributed by atoms with van der Waals surface area (Å²) in [6, 6.07) is 0. The average Bonchev–Trinajstić information content (AvgIpc) is 2.14. The van der Waals surface area contributed by atoms with E-state index in [9.17, 15) is 32.1 Å². The van der Waals surface area contributed by atoms with Crippen molar-refractivity contribution in [1.29, 1.82) is 0 Å². The molecule has 0 radical (unpaired) electrons. The average molecular weight is 277 g/mol. The van der Waals surface area contributed by atoms with Gasteiger partial charge in [-0.2, -0.15) is 13.2 Å². The molecule has 0 aliphatic rings. The normalized spacial score (nSPS) is 11.9. The second kappa shape index (κ2) is 4.40. The maximum Gasteiger partial charge on any atom is 0.420 e. The topological polar surface area (TPSA) is 56.0 Å². The van der Waals surface area contributed by atoms with Crippen LogP contribution in [-0.4, -0.2) is 9.91 Å². The predicted octanol–water partition coefficient (Wildman–Crippen LogP) is 3.60. The first-order chi connectivity index (χ1) is 7.66. The number of nitrogens with zero attached hydrogens (tertiary/aromatic N) is 2. The molecule has 0 aliphatic carbocycles. The SMILES string of the molecule is O=[N+]([O-])c1ncc(C(F)(F)F)c(C(F)F)c1Cl. The zero-order valence-electron chi connectivity index (χ0n) is 7.63. The van der Waals surface area contributed by atoms with Gasteiger partial charge in [0.05, 0.1) is 5.56 Å². The van der Waals surface area contributed by atoms with Crippen LogP contribution < -0.4 is 0 Å². The van der Waals surface area contributed by atoms with E-state index in [-0.39, 0.29) is 6.20 Å². The Bertz CT molecular complexity index is 462. The second-order valence-electron chi connectivity index (χ2n) is 2.78. The maximum atomic E-state index is 12.4. The van der Waals surface area contributed by atoms with Crippen LogP contribution in [0.25, 0.3) is 0 Å². The third-order valence-electron chi connectivity index (χ3n) is 1.74. The minimum absolute atomic E-state index is 0.0362. The number of nitro groups is 1. The van der Waals surface area contributed by atoms with Crippen molar-refractivity contribution < 1.29 is 26.9 Å². The number of pyridine rings is 1. The minimum Gasteiger partial charge on any atom is -0.358 e. The summed E-state index contributed by atoms with van der Waals surface area (Å²) in [5, 5.41) is 8.98. The van der Waals surface area contributed by atoms with Gasteiger partial charge >= 0.3 is 12.0 Å². The van der Waals surface area contributed by atoms with Crippen molar-refractivity contribution in [3.05, 3.63) is 32.5 Å². The van der Waals surface area contributed by atoms with Gasteiger partial charge in [0.25, 0.3) is 6.43 Å². The zero-order chi connectivity index (χ0) is 13.4. The molecule has 4 nitrogen and oxygen atoms in total. The van der Waals surface area contributed by atoms with Crippen LogP contribution in [0.15, 0.2) is 6.20 Å². The molecule has 1 rings (SSSR count). The highest BCUT2D eigenvalue weighted by Crippen LogP contribution is 2.41. The Balaban J connectivity index is 3.57. The summed E-state index contributed by atoms with van der Waals surface area (Å²) >= 11 is 5.13. The molecular weight excluding hydrogens is 275 g/mol. The molecule has 0 saturated heterocycles. The number of hydrogen-bond acceptors (Lipinski definition) is 3. The molecule has 0 fully saturated rings. The fourth-order valence-electron chi connectivity index (χ4n) is 1.06. The third-order valence-corrected chi connectivity index (χ3v) is 2.11. The lowest BCUT2D eigenvalue weighted by atomic mass is 10.1. The summed E-state index contributed by atoms with van der Waals surface area (Å²) < 4.78 is 61.8. The number of rotatable bonds is 2. The van der Waals surface area contributed by atoms with Crippen molar-refractivity contribution >= 4 is 17.4 Å². The third kappa shape index (κ3) is 2.60. The van der Waals surface area contributed by atoms with Crippen LogP contribution in [0.1, 0.15) is 17.6 Å². The van der Waals surface area contributed by atoms with Gasteiger partial charge in [-0.15, -0.1) is 0 Å². The molecule has 0 N–H and O–H groups in total. The number of hydrogen-bond donors (Lipinski definition) is 0. The van der Waals surface area contributed by atoms with Crippen LogP contribution in [0.5, 0.6) is 0 Å². The second-order valence-corrected chi connectivity index (χ2v) is 3.16. The van der Waals surface area contributed by atoms with Gasteiger partial charge in [0.15, 0.2) is 6.20 Å². The van der Waals surface area contributed by atoms with Crippen molar-refractivity contribution in [1.82, 2.24) is 4.98 Å². The largest absolute Gasteiger partial charge is 0.420 e. The Morgan fingerprint density at radius 2 is 1.94 bits per heavy atom. The van der Waals surface area contributed by atoms with Gasteiger partial charge in [-0.1, -0.05) is 11.6 Å². The van der Waals surface area contributed by atoms with Gasteiger partial charge in [-0.05, 0) is 9.91 Å². The molecule has 1 aromatic rings. The van der Waals surface area contributed by atoms with E-state index in [1.165, 1.54) is 0 Å². The van der Waals surface area contributed by atoms with Crippen molar-refractivity contribution in [2.45, 2.75) is 12.6 Å². The van der Waals surface area contributed by atoms with Crippen molar-refractivity contribution in [2.24, 2.45) is 0 Å². The van der Waals surface area contributed by atoms with Crippen molar-refractivity contribution in [3.8, 4) is 0 Å². The molecular formula is C7H2ClF5N2O2. The van der Waals surface area contributed by atoms with Gasteiger partial charge in [-0.25, -0.2) is 8.78 Å². The highest BCUT2D eigenvalue weighted by molar-refractivity contribution is 6.33. The first-order valence-corrected chi connectivity index (χ1v) is 4.22. The Labute approximate surface area is 95.2 Å². The molecule has 94 valence electrons. The highest BCUT2D eigenvalue weighted by Gasteiger charge is 2.41. The van der Waals surface area contributed by atoms with E-state index in [2.05, 4.69) is 4.98 Å². The van der Waals surface area contributed by atoms with Crippen LogP contribution in [0.2, 0.25) is 5.02 Å². The fraction of sp³-hybridized carbons (Fsp3) is 0.286. The van der Waals surface area contributed by atoms with Crippen LogP contribution in [-0.2, 0) is 6.18 Å². The molecule has 0 unspecified atom stereocenters. The minimum atomic E-state index is -5.11. The summed E-state index contributed by atoms with van der Waals surface area (Å²) in [5.74, 6) is -1.24. The van der Waals surface area contributed by atoms with Gasteiger partial charge in [0, 0.05) is 0 Å². The molecule has 0 amide bonds. The first kappa shape index (κ1) is 13.6. The smallest absolute Gasteiger partial charge is 0.358 e. The molecule has 0 aliphatic heterocycles. The summed E-state index contributed by atoms with van der Waals surface area (Å²) in [5.41, 5.74) is -3.43. The molecule has 1 aromatic heterocycles. The standard InChI is InChI=1S/C7H2ClF5N2O2/c8-4-3(5(9)10)2(7(11,12)13)1-14-6(4)15(16)17/h1,5H. The van der Waals surface area contributed by atoms with Gasteiger partial charge in [-0.3, -0.25) is 0 Å². The van der Waals surface area contributed by atoms with E-state index in [0.29, 0.717) is 0 Å². The molecule has 0 aromatic carbocycles. The van der Waals surface area contributed by atoms with E-state index < -0.39 is 39.5 Å². The Hall–Kier alpha value is -1.51. The lowest BCUT2D eigenvalue weighted by Crippen LogP contribution is -2.12. The predicted molar refractivity (Wildman–Crippen MR) is 45.9 cm³/mol. The molecule has 1 heterocycles. The summed E-state index contributed by atoms with van der Waals surface area (Å²) in [4.78, 5) is 11.9. The van der Waals surface area contributed by atoms with Gasteiger partial charge in [0.2, 0.25) is 0 Å². The fourth-order valence-corrected chi connectivity index (χ4v) is 1.36. The molecule has 17 heavy (non-hydrogen) atoms. The van der Waals surface area contributed by atoms with Gasteiger partial charge in [0.1, 0.15) is 10.6 Å². The molecule has 0 saturated carbocycles. The Kier molecular flexibility index (Phi) is 3.51. The molecule has 0 spiro atoms. The summed E-state index contributed by atoms with van der Waals surface area (Å²) in [7, 11) is 0. The lowest BCUT2D eigenvalue weighted by molar-refractivity contribution is -0.389. The van der Waals surface area contributed by atoms with E-state index in [4.69, 9.17) is 11.6 Å². The van der Waals surface area contributed by atoms with E-state index in [1.54, 1.807) is 0 Å². The lowest BCUT2D eigenvalue weighted by Gasteiger charge is -2.11. The van der Waals surface area contributed by atoms with Crippen LogP contribution in [0.4, 0.5) is 27.8 Å².